The molecule has 2 aromatic rings. The summed E-state index contributed by atoms with van der Waals surface area (Å²) in [6, 6.07) is 10.9. The van der Waals surface area contributed by atoms with Gasteiger partial charge in [-0.25, -0.2) is 0 Å². The third-order valence-electron chi connectivity index (χ3n) is 2.02. The first-order chi connectivity index (χ1) is 8.06. The maximum atomic E-state index is 6.09. The van der Waals surface area contributed by atoms with Gasteiger partial charge < -0.3 is 0 Å². The summed E-state index contributed by atoms with van der Waals surface area (Å²) in [5.41, 5.74) is 0. The van der Waals surface area contributed by atoms with E-state index in [-0.39, 0.29) is 17.1 Å². The second kappa shape index (κ2) is 7.30. The van der Waals surface area contributed by atoms with Crippen molar-refractivity contribution in [2.75, 3.05) is 0 Å². The summed E-state index contributed by atoms with van der Waals surface area (Å²) in [7, 11) is 0. The molecule has 18 heavy (non-hydrogen) atoms. The Bertz CT molecular complexity index is 543. The molecule has 0 radical (unpaired) electrons. The normalized spacial score (nSPS) is 10.0. The Labute approximate surface area is 140 Å². The van der Waals surface area contributed by atoms with E-state index in [1.807, 2.05) is 24.3 Å². The Kier molecular flexibility index (Phi) is 6.71. The van der Waals surface area contributed by atoms with Crippen LogP contribution in [0.3, 0.4) is 0 Å². The quantitative estimate of drug-likeness (QED) is 0.427. The van der Waals surface area contributed by atoms with Crippen LogP contribution >= 0.6 is 58.2 Å². The van der Waals surface area contributed by atoms with Crippen molar-refractivity contribution < 1.29 is 17.1 Å². The zero-order valence-corrected chi connectivity index (χ0v) is 13.7. The van der Waals surface area contributed by atoms with Gasteiger partial charge in [0.25, 0.3) is 0 Å². The topological polar surface area (TPSA) is 0 Å². The number of halogens is 4. The summed E-state index contributed by atoms with van der Waals surface area (Å²) in [6.07, 6.45) is 0. The Balaban J connectivity index is 0.00000162. The Morgan fingerprint density at radius 1 is 0.722 bits per heavy atom. The molecule has 0 aromatic heterocycles. The van der Waals surface area contributed by atoms with Gasteiger partial charge in [-0.1, -0.05) is 58.2 Å². The molecule has 0 saturated carbocycles. The zero-order valence-electron chi connectivity index (χ0n) is 8.74. The van der Waals surface area contributed by atoms with Crippen LogP contribution in [0.5, 0.6) is 0 Å². The van der Waals surface area contributed by atoms with Crippen molar-refractivity contribution in [2.45, 2.75) is 9.79 Å². The molecule has 0 atom stereocenters. The van der Waals surface area contributed by atoms with Gasteiger partial charge in [0, 0.05) is 31.9 Å². The van der Waals surface area contributed by atoms with Crippen molar-refractivity contribution in [3.05, 3.63) is 56.5 Å². The largest absolute Gasteiger partial charge is 0.0885 e. The summed E-state index contributed by atoms with van der Waals surface area (Å²) >= 11 is 25.2. The van der Waals surface area contributed by atoms with Crippen molar-refractivity contribution >= 4 is 58.2 Å². The minimum absolute atomic E-state index is 0. The van der Waals surface area contributed by atoms with E-state index in [4.69, 9.17) is 46.4 Å². The van der Waals surface area contributed by atoms with E-state index < -0.39 is 0 Å². The fraction of sp³-hybridized carbons (Fsp3) is 0. The Hall–Kier alpha value is 0.469. The molecule has 0 N–H and O–H groups in total. The van der Waals surface area contributed by atoms with Gasteiger partial charge in [-0.05, 0) is 36.4 Å². The smallest absolute Gasteiger partial charge is 0.0607 e. The van der Waals surface area contributed by atoms with Crippen LogP contribution in [0.25, 0.3) is 0 Å². The zero-order chi connectivity index (χ0) is 12.4. The van der Waals surface area contributed by atoms with E-state index in [1.165, 1.54) is 11.8 Å². The molecule has 2 aromatic carbocycles. The van der Waals surface area contributed by atoms with Gasteiger partial charge in [0.15, 0.2) is 0 Å². The standard InChI is InChI=1S/C12H6Cl4S.Fe/c13-7-1-3-8(4-2-7)17-12-6-10(15)9(14)5-11(12)16;/h1-6H;. The van der Waals surface area contributed by atoms with Crippen LogP contribution in [-0.2, 0) is 17.1 Å². The maximum Gasteiger partial charge on any atom is 0.0607 e. The number of hydrogen-bond donors (Lipinski definition) is 0. The molecule has 0 saturated heterocycles. The minimum Gasteiger partial charge on any atom is -0.0885 e. The van der Waals surface area contributed by atoms with Gasteiger partial charge in [-0.3, -0.25) is 0 Å². The van der Waals surface area contributed by atoms with E-state index in [0.717, 1.165) is 9.79 Å². The van der Waals surface area contributed by atoms with E-state index in [9.17, 15) is 0 Å². The molecule has 0 aliphatic rings. The molecule has 0 nitrogen and oxygen atoms in total. The third kappa shape index (κ3) is 4.25. The Morgan fingerprint density at radius 3 is 1.89 bits per heavy atom. The van der Waals surface area contributed by atoms with E-state index >= 15 is 0 Å². The van der Waals surface area contributed by atoms with Crippen LogP contribution < -0.4 is 0 Å². The number of hydrogen-bond acceptors (Lipinski definition) is 1. The van der Waals surface area contributed by atoms with Crippen molar-refractivity contribution in [3.8, 4) is 0 Å². The van der Waals surface area contributed by atoms with Gasteiger partial charge in [0.05, 0.1) is 15.1 Å². The molecule has 0 heterocycles. The molecule has 0 aliphatic heterocycles. The molecule has 6 heteroatoms. The second-order valence-electron chi connectivity index (χ2n) is 3.25. The fourth-order valence-corrected chi connectivity index (χ4v) is 2.92. The summed E-state index contributed by atoms with van der Waals surface area (Å²) < 4.78 is 0. The molecule has 0 amide bonds. The van der Waals surface area contributed by atoms with Crippen LogP contribution in [0.2, 0.25) is 20.1 Å². The molecular formula is C12H6Cl4FeS. The van der Waals surface area contributed by atoms with Crippen LogP contribution in [-0.4, -0.2) is 0 Å². The van der Waals surface area contributed by atoms with Gasteiger partial charge in [0.2, 0.25) is 0 Å². The van der Waals surface area contributed by atoms with Crippen LogP contribution in [0.15, 0.2) is 46.2 Å². The van der Waals surface area contributed by atoms with Crippen LogP contribution in [0.4, 0.5) is 0 Å². The van der Waals surface area contributed by atoms with Crippen molar-refractivity contribution in [3.63, 3.8) is 0 Å². The van der Waals surface area contributed by atoms with Crippen molar-refractivity contribution in [1.29, 1.82) is 0 Å². The summed E-state index contributed by atoms with van der Waals surface area (Å²) in [6.45, 7) is 0. The summed E-state index contributed by atoms with van der Waals surface area (Å²) in [4.78, 5) is 1.90. The molecule has 0 spiro atoms. The van der Waals surface area contributed by atoms with Gasteiger partial charge in [-0.15, -0.1) is 0 Å². The maximum absolute atomic E-state index is 6.09. The monoisotopic (exact) mass is 378 g/mol. The minimum atomic E-state index is 0. The number of benzene rings is 2. The molecule has 96 valence electrons. The number of rotatable bonds is 2. The first kappa shape index (κ1) is 16.5. The molecule has 0 unspecified atom stereocenters. The second-order valence-corrected chi connectivity index (χ2v) is 6.03. The van der Waals surface area contributed by atoms with Crippen LogP contribution in [0, 0.1) is 0 Å². The van der Waals surface area contributed by atoms with E-state index in [2.05, 4.69) is 0 Å². The molecule has 0 bridgehead atoms. The van der Waals surface area contributed by atoms with Crippen molar-refractivity contribution in [2.24, 2.45) is 0 Å². The van der Waals surface area contributed by atoms with Gasteiger partial charge >= 0.3 is 0 Å². The van der Waals surface area contributed by atoms with Gasteiger partial charge in [-0.2, -0.15) is 0 Å². The SMILES string of the molecule is Clc1ccc(Sc2cc(Cl)c(Cl)cc2Cl)cc1.[Fe]. The average molecular weight is 380 g/mol. The van der Waals surface area contributed by atoms with Crippen LogP contribution in [0.1, 0.15) is 0 Å². The Morgan fingerprint density at radius 2 is 1.28 bits per heavy atom. The fourth-order valence-electron chi connectivity index (χ4n) is 1.21. The first-order valence-electron chi connectivity index (χ1n) is 4.64. The third-order valence-corrected chi connectivity index (χ3v) is 4.48. The predicted molar refractivity (Wildman–Crippen MR) is 77.0 cm³/mol. The van der Waals surface area contributed by atoms with Gasteiger partial charge in [0.1, 0.15) is 0 Å². The first-order valence-corrected chi connectivity index (χ1v) is 6.97. The molecule has 0 aliphatic carbocycles. The van der Waals surface area contributed by atoms with Crippen molar-refractivity contribution in [1.82, 2.24) is 0 Å². The van der Waals surface area contributed by atoms with E-state index in [1.54, 1.807) is 12.1 Å². The molecule has 2 rings (SSSR count). The molecular weight excluding hydrogens is 374 g/mol. The summed E-state index contributed by atoms with van der Waals surface area (Å²) in [5.74, 6) is 0. The molecule has 0 fully saturated rings. The van der Waals surface area contributed by atoms with E-state index in [0.29, 0.717) is 20.1 Å². The average Bonchev–Trinajstić information content (AvgIpc) is 2.29. The predicted octanol–water partition coefficient (Wildman–Crippen LogP) is 6.45. The summed E-state index contributed by atoms with van der Waals surface area (Å²) in [5, 5.41) is 2.23.